The number of carbonyl (C=O) groups excluding carboxylic acids is 1. The van der Waals surface area contributed by atoms with Crippen molar-refractivity contribution in [2.75, 3.05) is 26.2 Å². The summed E-state index contributed by atoms with van der Waals surface area (Å²) in [7, 11) is -3.79. The van der Waals surface area contributed by atoms with Crippen LogP contribution in [0.2, 0.25) is 0 Å². The van der Waals surface area contributed by atoms with Gasteiger partial charge in [-0.25, -0.2) is 8.42 Å². The molecule has 0 saturated carbocycles. The summed E-state index contributed by atoms with van der Waals surface area (Å²) in [6.07, 6.45) is 3.21. The van der Waals surface area contributed by atoms with Gasteiger partial charge in [-0.15, -0.1) is 0 Å². The molecule has 166 valence electrons. The first-order chi connectivity index (χ1) is 15.3. The number of benzene rings is 2. The van der Waals surface area contributed by atoms with Crippen LogP contribution in [0.4, 0.5) is 5.69 Å². The van der Waals surface area contributed by atoms with Gasteiger partial charge in [-0.3, -0.25) is 19.6 Å². The van der Waals surface area contributed by atoms with Crippen LogP contribution in [0.3, 0.4) is 0 Å². The molecule has 1 aliphatic heterocycles. The van der Waals surface area contributed by atoms with Gasteiger partial charge in [-0.2, -0.15) is 9.40 Å². The lowest BCUT2D eigenvalue weighted by Crippen LogP contribution is -2.50. The molecule has 3 aromatic rings. The Hall–Kier alpha value is -3.57. The quantitative estimate of drug-likeness (QED) is 0.414. The SMILES string of the molecule is O=C(c1cnn(Cc2ccccc2)c1)N1CCN(S(=O)(=O)c2ccc([N+](=O)[O-])cc2)CC1. The number of carbonyl (C=O) groups is 1. The van der Waals surface area contributed by atoms with Gasteiger partial charge in [0.2, 0.25) is 10.0 Å². The van der Waals surface area contributed by atoms with Gasteiger partial charge in [0.15, 0.2) is 0 Å². The molecule has 2 heterocycles. The zero-order valence-corrected chi connectivity index (χ0v) is 17.9. The summed E-state index contributed by atoms with van der Waals surface area (Å²) in [6, 6.07) is 14.6. The first-order valence-electron chi connectivity index (χ1n) is 9.95. The van der Waals surface area contributed by atoms with Crippen LogP contribution in [-0.2, 0) is 16.6 Å². The monoisotopic (exact) mass is 455 g/mol. The third kappa shape index (κ3) is 4.53. The molecule has 11 heteroatoms. The van der Waals surface area contributed by atoms with Gasteiger partial charge in [0, 0.05) is 44.5 Å². The van der Waals surface area contributed by atoms with Crippen LogP contribution in [0.5, 0.6) is 0 Å². The van der Waals surface area contributed by atoms with Crippen LogP contribution >= 0.6 is 0 Å². The standard InChI is InChI=1S/C21H21N5O5S/c27-21(18-14-22-24(16-18)15-17-4-2-1-3-5-17)23-10-12-25(13-11-23)32(30,31)20-8-6-19(7-9-20)26(28)29/h1-9,14,16H,10-13,15H2. The molecule has 1 aromatic heterocycles. The Morgan fingerprint density at radius 3 is 2.28 bits per heavy atom. The molecule has 0 N–H and O–H groups in total. The highest BCUT2D eigenvalue weighted by atomic mass is 32.2. The van der Waals surface area contributed by atoms with E-state index in [-0.39, 0.29) is 42.7 Å². The molecule has 0 bridgehead atoms. The van der Waals surface area contributed by atoms with Crippen molar-refractivity contribution in [3.8, 4) is 0 Å². The number of hydrogen-bond donors (Lipinski definition) is 0. The van der Waals surface area contributed by atoms with Gasteiger partial charge in [0.25, 0.3) is 11.6 Å². The van der Waals surface area contributed by atoms with Crippen molar-refractivity contribution in [2.24, 2.45) is 0 Å². The maximum Gasteiger partial charge on any atom is 0.269 e. The molecule has 10 nitrogen and oxygen atoms in total. The van der Waals surface area contributed by atoms with Gasteiger partial charge >= 0.3 is 0 Å². The molecule has 0 radical (unpaired) electrons. The minimum absolute atomic E-state index is 0.00920. The summed E-state index contributed by atoms with van der Waals surface area (Å²) in [4.78, 5) is 24.6. The van der Waals surface area contributed by atoms with Crippen LogP contribution in [0.15, 0.2) is 71.9 Å². The van der Waals surface area contributed by atoms with Crippen molar-refractivity contribution in [2.45, 2.75) is 11.4 Å². The van der Waals surface area contributed by atoms with E-state index in [0.29, 0.717) is 12.1 Å². The van der Waals surface area contributed by atoms with E-state index in [0.717, 1.165) is 5.56 Å². The Kier molecular flexibility index (Phi) is 6.01. The van der Waals surface area contributed by atoms with Crippen LogP contribution in [0, 0.1) is 10.1 Å². The predicted octanol–water partition coefficient (Wildman–Crippen LogP) is 1.99. The summed E-state index contributed by atoms with van der Waals surface area (Å²) in [5, 5.41) is 15.0. The molecule has 32 heavy (non-hydrogen) atoms. The van der Waals surface area contributed by atoms with E-state index in [1.165, 1.54) is 34.8 Å². The van der Waals surface area contributed by atoms with Gasteiger partial charge in [0.05, 0.1) is 28.1 Å². The maximum absolute atomic E-state index is 12.8. The molecule has 1 saturated heterocycles. The lowest BCUT2D eigenvalue weighted by molar-refractivity contribution is -0.384. The van der Waals surface area contributed by atoms with E-state index in [4.69, 9.17) is 0 Å². The number of nitro groups is 1. The number of rotatable bonds is 6. The first-order valence-corrected chi connectivity index (χ1v) is 11.4. The number of piperazine rings is 1. The normalized spacial score (nSPS) is 14.9. The summed E-state index contributed by atoms with van der Waals surface area (Å²) in [5.74, 6) is -0.198. The fourth-order valence-electron chi connectivity index (χ4n) is 3.53. The lowest BCUT2D eigenvalue weighted by atomic mass is 10.2. The topological polar surface area (TPSA) is 119 Å². The molecule has 4 rings (SSSR count). The van der Waals surface area contributed by atoms with Crippen LogP contribution in [0.25, 0.3) is 0 Å². The van der Waals surface area contributed by atoms with E-state index in [1.807, 2.05) is 30.3 Å². The Bertz CT molecular complexity index is 1220. The second kappa shape index (κ2) is 8.89. The minimum Gasteiger partial charge on any atom is -0.336 e. The zero-order chi connectivity index (χ0) is 22.7. The van der Waals surface area contributed by atoms with Crippen molar-refractivity contribution in [3.05, 3.63) is 88.2 Å². The highest BCUT2D eigenvalue weighted by Gasteiger charge is 2.31. The number of amides is 1. The molecule has 0 spiro atoms. The Labute approximate surface area is 184 Å². The highest BCUT2D eigenvalue weighted by Crippen LogP contribution is 2.21. The molecule has 1 aliphatic rings. The number of nitro benzene ring substituents is 1. The van der Waals surface area contributed by atoms with E-state index >= 15 is 0 Å². The lowest BCUT2D eigenvalue weighted by Gasteiger charge is -2.33. The van der Waals surface area contributed by atoms with Crippen LogP contribution in [-0.4, -0.2) is 64.4 Å². The molecule has 0 aliphatic carbocycles. The third-order valence-corrected chi connectivity index (χ3v) is 7.19. The van der Waals surface area contributed by atoms with Crippen molar-refractivity contribution in [3.63, 3.8) is 0 Å². The van der Waals surface area contributed by atoms with E-state index in [1.54, 1.807) is 15.8 Å². The third-order valence-electron chi connectivity index (χ3n) is 5.28. The number of hydrogen-bond acceptors (Lipinski definition) is 6. The molecule has 1 amide bonds. The van der Waals surface area contributed by atoms with Gasteiger partial charge in [-0.1, -0.05) is 30.3 Å². The van der Waals surface area contributed by atoms with Gasteiger partial charge in [-0.05, 0) is 17.7 Å². The van der Waals surface area contributed by atoms with Gasteiger partial charge < -0.3 is 4.90 Å². The molecule has 0 unspecified atom stereocenters. The Morgan fingerprint density at radius 2 is 1.66 bits per heavy atom. The molecular formula is C21H21N5O5S. The van der Waals surface area contributed by atoms with Crippen molar-refractivity contribution in [1.82, 2.24) is 19.0 Å². The fourth-order valence-corrected chi connectivity index (χ4v) is 4.96. The smallest absolute Gasteiger partial charge is 0.269 e. The fraction of sp³-hybridized carbons (Fsp3) is 0.238. The molecular weight excluding hydrogens is 434 g/mol. The number of sulfonamides is 1. The summed E-state index contributed by atoms with van der Waals surface area (Å²) >= 11 is 0. The minimum atomic E-state index is -3.79. The van der Waals surface area contributed by atoms with Crippen LogP contribution < -0.4 is 0 Å². The predicted molar refractivity (Wildman–Crippen MR) is 116 cm³/mol. The highest BCUT2D eigenvalue weighted by molar-refractivity contribution is 7.89. The molecule has 0 atom stereocenters. The van der Waals surface area contributed by atoms with Crippen molar-refractivity contribution >= 4 is 21.6 Å². The average molecular weight is 455 g/mol. The van der Waals surface area contributed by atoms with E-state index in [9.17, 15) is 23.3 Å². The summed E-state index contributed by atoms with van der Waals surface area (Å²) < 4.78 is 28.6. The second-order valence-corrected chi connectivity index (χ2v) is 9.30. The van der Waals surface area contributed by atoms with Gasteiger partial charge in [0.1, 0.15) is 0 Å². The van der Waals surface area contributed by atoms with Crippen LogP contribution in [0.1, 0.15) is 15.9 Å². The Balaban J connectivity index is 1.38. The zero-order valence-electron chi connectivity index (χ0n) is 17.1. The largest absolute Gasteiger partial charge is 0.336 e. The molecule has 2 aromatic carbocycles. The number of aromatic nitrogens is 2. The molecule has 1 fully saturated rings. The van der Waals surface area contributed by atoms with E-state index in [2.05, 4.69) is 5.10 Å². The second-order valence-electron chi connectivity index (χ2n) is 7.36. The number of nitrogens with zero attached hydrogens (tertiary/aromatic N) is 5. The summed E-state index contributed by atoms with van der Waals surface area (Å²) in [5.41, 5.74) is 1.35. The summed E-state index contributed by atoms with van der Waals surface area (Å²) in [6.45, 7) is 1.33. The van der Waals surface area contributed by atoms with E-state index < -0.39 is 14.9 Å². The average Bonchev–Trinajstić information content (AvgIpc) is 3.28. The Morgan fingerprint density at radius 1 is 1.00 bits per heavy atom. The first kappa shape index (κ1) is 21.7. The number of non-ortho nitro benzene ring substituents is 1. The maximum atomic E-state index is 12.8. The van der Waals surface area contributed by atoms with Crippen molar-refractivity contribution in [1.29, 1.82) is 0 Å². The van der Waals surface area contributed by atoms with Crippen molar-refractivity contribution < 1.29 is 18.1 Å².